The lowest BCUT2D eigenvalue weighted by atomic mass is 9.88. The van der Waals surface area contributed by atoms with Gasteiger partial charge in [-0.3, -0.25) is 9.36 Å². The zero-order valence-corrected chi connectivity index (χ0v) is 22.8. The van der Waals surface area contributed by atoms with Crippen LogP contribution in [-0.4, -0.2) is 54.0 Å². The van der Waals surface area contributed by atoms with Crippen LogP contribution in [-0.2, 0) is 18.8 Å². The molecule has 198 valence electrons. The van der Waals surface area contributed by atoms with Gasteiger partial charge in [0.1, 0.15) is 5.60 Å². The van der Waals surface area contributed by atoms with Crippen molar-refractivity contribution in [1.82, 2.24) is 4.90 Å². The summed E-state index contributed by atoms with van der Waals surface area (Å²) in [7, 11) is -3.29. The number of carbonyl (C=O) groups is 1. The van der Waals surface area contributed by atoms with Crippen LogP contribution in [0.3, 0.4) is 0 Å². The Bertz CT molecular complexity index is 1220. The minimum Gasteiger partial charge on any atom is -0.353 e. The molecule has 2 heterocycles. The third kappa shape index (κ3) is 4.94. The molecule has 7 heteroatoms. The summed E-state index contributed by atoms with van der Waals surface area (Å²) in [5, 5.41) is 0.490. The van der Waals surface area contributed by atoms with E-state index in [1.165, 1.54) is 18.6 Å². The number of hydrogen-bond donors (Lipinski definition) is 1. The fourth-order valence-electron chi connectivity index (χ4n) is 6.44. The van der Waals surface area contributed by atoms with Crippen LogP contribution in [0.4, 0.5) is 0 Å². The topological polar surface area (TPSA) is 76.1 Å². The highest BCUT2D eigenvalue weighted by Crippen LogP contribution is 2.65. The molecule has 2 aromatic rings. The van der Waals surface area contributed by atoms with Crippen molar-refractivity contribution in [2.24, 2.45) is 5.41 Å². The predicted molar refractivity (Wildman–Crippen MR) is 144 cm³/mol. The van der Waals surface area contributed by atoms with Crippen molar-refractivity contribution in [1.29, 1.82) is 0 Å². The fraction of sp³-hybridized carbons (Fsp3) is 0.567. The Hall–Kier alpha value is -1.98. The fourth-order valence-corrected chi connectivity index (χ4v) is 7.16. The number of aryl methyl sites for hydroxylation is 1. The van der Waals surface area contributed by atoms with E-state index >= 15 is 0 Å². The maximum atomic E-state index is 13.3. The minimum atomic E-state index is -3.29. The van der Waals surface area contributed by atoms with E-state index in [-0.39, 0.29) is 12.2 Å². The Morgan fingerprint density at radius 3 is 2.43 bits per heavy atom. The summed E-state index contributed by atoms with van der Waals surface area (Å²) < 4.78 is 24.1. The molecular weight excluding hydrogens is 485 g/mol. The van der Waals surface area contributed by atoms with Crippen molar-refractivity contribution in [2.45, 2.75) is 76.1 Å². The Labute approximate surface area is 219 Å². The van der Waals surface area contributed by atoms with Crippen molar-refractivity contribution < 1.29 is 23.7 Å². The number of hydrogen-bond acceptors (Lipinski definition) is 4. The maximum absolute atomic E-state index is 13.3. The molecular formula is C30H38NO5P. The number of rotatable bonds is 6. The molecule has 6 nitrogen and oxygen atoms in total. The Balaban J connectivity index is 1.08. The van der Waals surface area contributed by atoms with Crippen molar-refractivity contribution in [3.8, 4) is 11.1 Å². The molecule has 1 spiro atoms. The van der Waals surface area contributed by atoms with Crippen molar-refractivity contribution in [3.05, 3.63) is 53.6 Å². The van der Waals surface area contributed by atoms with E-state index in [0.717, 1.165) is 81.3 Å². The summed E-state index contributed by atoms with van der Waals surface area (Å²) in [5.41, 5.74) is 4.22. The van der Waals surface area contributed by atoms with Gasteiger partial charge in [0.25, 0.3) is 5.91 Å². The van der Waals surface area contributed by atoms with Crippen molar-refractivity contribution >= 4 is 18.6 Å². The molecule has 0 radical (unpaired) electrons. The molecule has 2 aliphatic heterocycles. The average molecular weight is 524 g/mol. The number of nitrogens with zero attached hydrogens (tertiary/aromatic N) is 1. The highest BCUT2D eigenvalue weighted by molar-refractivity contribution is 7.65. The Kier molecular flexibility index (Phi) is 6.39. The first-order chi connectivity index (χ1) is 17.7. The molecule has 6 rings (SSSR count). The van der Waals surface area contributed by atoms with Crippen LogP contribution >= 0.6 is 7.37 Å². The quantitative estimate of drug-likeness (QED) is 0.516. The van der Waals surface area contributed by atoms with E-state index in [4.69, 9.17) is 9.47 Å². The summed E-state index contributed by atoms with van der Waals surface area (Å²) in [6, 6.07) is 14.3. The van der Waals surface area contributed by atoms with Crippen LogP contribution in [0.5, 0.6) is 0 Å². The molecule has 4 fully saturated rings. The second-order valence-corrected chi connectivity index (χ2v) is 14.1. The van der Waals surface area contributed by atoms with E-state index in [9.17, 15) is 14.3 Å². The monoisotopic (exact) mass is 523 g/mol. The lowest BCUT2D eigenvalue weighted by Gasteiger charge is -2.36. The van der Waals surface area contributed by atoms with Crippen LogP contribution in [0.1, 0.15) is 68.4 Å². The molecule has 2 unspecified atom stereocenters. The first-order valence-corrected chi connectivity index (χ1v) is 15.9. The van der Waals surface area contributed by atoms with Gasteiger partial charge in [-0.25, -0.2) is 0 Å². The molecule has 0 aromatic heterocycles. The average Bonchev–Trinajstić information content (AvgIpc) is 3.82. The molecule has 37 heavy (non-hydrogen) atoms. The van der Waals surface area contributed by atoms with E-state index < -0.39 is 13.0 Å². The van der Waals surface area contributed by atoms with E-state index in [1.807, 2.05) is 24.0 Å². The number of ether oxygens (including phenoxy) is 2. The Morgan fingerprint density at radius 2 is 1.81 bits per heavy atom. The largest absolute Gasteiger partial charge is 0.353 e. The first kappa shape index (κ1) is 25.3. The third-order valence-corrected chi connectivity index (χ3v) is 10.4. The lowest BCUT2D eigenvalue weighted by Crippen LogP contribution is -2.48. The van der Waals surface area contributed by atoms with E-state index in [1.54, 1.807) is 6.07 Å². The molecule has 1 amide bonds. The normalized spacial score (nSPS) is 27.5. The second-order valence-electron chi connectivity index (χ2n) is 11.8. The van der Waals surface area contributed by atoms with Gasteiger partial charge in [-0.1, -0.05) is 30.3 Å². The van der Waals surface area contributed by atoms with E-state index in [2.05, 4.69) is 24.3 Å². The lowest BCUT2D eigenvalue weighted by molar-refractivity contribution is -0.205. The number of benzene rings is 2. The molecule has 4 aliphatic rings. The predicted octanol–water partition coefficient (Wildman–Crippen LogP) is 5.36. The molecule has 0 bridgehead atoms. The van der Waals surface area contributed by atoms with Gasteiger partial charge in [-0.2, -0.15) is 0 Å². The number of amides is 1. The zero-order chi connectivity index (χ0) is 25.8. The number of carbonyl (C=O) groups excluding carboxylic acids is 1. The molecule has 2 aromatic carbocycles. The molecule has 2 saturated carbocycles. The van der Waals surface area contributed by atoms with Gasteiger partial charge in [0.2, 0.25) is 7.37 Å². The summed E-state index contributed by atoms with van der Waals surface area (Å²) in [4.78, 5) is 25.4. The van der Waals surface area contributed by atoms with Gasteiger partial charge in [-0.05, 0) is 104 Å². The van der Waals surface area contributed by atoms with Crippen LogP contribution in [0, 0.1) is 12.3 Å². The number of likely N-dealkylation sites (tertiary alicyclic amines) is 1. The van der Waals surface area contributed by atoms with Crippen LogP contribution in [0.15, 0.2) is 42.5 Å². The number of piperidine rings is 1. The maximum Gasteiger partial charge on any atom is 0.254 e. The third-order valence-electron chi connectivity index (χ3n) is 9.15. The smallest absolute Gasteiger partial charge is 0.254 e. The summed E-state index contributed by atoms with van der Waals surface area (Å²) in [6.07, 6.45) is 7.78. The minimum absolute atomic E-state index is 0.176. The van der Waals surface area contributed by atoms with Gasteiger partial charge in [0.05, 0.1) is 0 Å². The molecule has 2 saturated heterocycles. The van der Waals surface area contributed by atoms with Gasteiger partial charge in [-0.15, -0.1) is 0 Å². The van der Waals surface area contributed by atoms with Crippen LogP contribution in [0.25, 0.3) is 11.1 Å². The first-order valence-electron chi connectivity index (χ1n) is 13.8. The molecule has 2 aliphatic carbocycles. The molecule has 3 atom stereocenters. The molecule has 1 N–H and O–H groups in total. The van der Waals surface area contributed by atoms with Crippen molar-refractivity contribution in [2.75, 3.05) is 26.4 Å². The SMILES string of the molecule is Cc1ccc(P(C)(=O)O)cc1-c1ccc([C@H]2CC23CCN(C(=O)C2(OC4CCCCO4)CC2)CC3)cc1. The van der Waals surface area contributed by atoms with Gasteiger partial charge in [0.15, 0.2) is 6.29 Å². The summed E-state index contributed by atoms with van der Waals surface area (Å²) in [6.45, 7) is 5.79. The van der Waals surface area contributed by atoms with Crippen LogP contribution < -0.4 is 5.30 Å². The standard InChI is InChI=1S/C30H38NO5P/c1-21-6-11-24(37(2,33)34)19-25(21)22-7-9-23(10-8-22)26-20-29(26)14-16-31(17-15-29)28(32)30(12-13-30)36-27-5-3-4-18-35-27/h6-11,19,26-27H,3-5,12-18,20H2,1-2H3,(H,33,34)/t26-,27?/m1/s1. The van der Waals surface area contributed by atoms with E-state index in [0.29, 0.717) is 16.6 Å². The summed E-state index contributed by atoms with van der Waals surface area (Å²) >= 11 is 0. The highest BCUT2D eigenvalue weighted by atomic mass is 31.2. The van der Waals surface area contributed by atoms with Crippen molar-refractivity contribution in [3.63, 3.8) is 0 Å². The Morgan fingerprint density at radius 1 is 1.08 bits per heavy atom. The zero-order valence-electron chi connectivity index (χ0n) is 21.9. The van der Waals surface area contributed by atoms with Gasteiger partial charge >= 0.3 is 0 Å². The summed E-state index contributed by atoms with van der Waals surface area (Å²) in [5.74, 6) is 0.719. The van der Waals surface area contributed by atoms with Gasteiger partial charge < -0.3 is 19.3 Å². The second kappa shape index (κ2) is 9.34. The van der Waals surface area contributed by atoms with Crippen LogP contribution in [0.2, 0.25) is 0 Å². The van der Waals surface area contributed by atoms with Gasteiger partial charge in [0, 0.05) is 31.7 Å². The highest BCUT2D eigenvalue weighted by Gasteiger charge is 2.59.